The van der Waals surface area contributed by atoms with Crippen molar-refractivity contribution in [3.8, 4) is 12.1 Å². The third kappa shape index (κ3) is 4.26. The van der Waals surface area contributed by atoms with Gasteiger partial charge in [0, 0.05) is 23.7 Å². The molecule has 0 amide bonds. The van der Waals surface area contributed by atoms with Crippen molar-refractivity contribution in [1.82, 2.24) is 8.61 Å². The Morgan fingerprint density at radius 3 is 1.69 bits per heavy atom. The molecule has 0 saturated heterocycles. The molecule has 2 aromatic carbocycles. The van der Waals surface area contributed by atoms with E-state index in [2.05, 4.69) is 0 Å². The molecular formula is C24H24N4O6S2. The Bertz CT molecular complexity index is 1560. The van der Waals surface area contributed by atoms with Crippen molar-refractivity contribution in [1.29, 1.82) is 10.5 Å². The van der Waals surface area contributed by atoms with E-state index in [1.165, 1.54) is 24.3 Å². The fourth-order valence-electron chi connectivity index (χ4n) is 3.90. The maximum Gasteiger partial charge on any atom is 0.265 e. The Labute approximate surface area is 210 Å². The SMILES string of the molecule is CC(C)N1C(C#N)=C(O)c2ccccc2S1(=O)=O.CCCN1C(C#N)=C(O)c2ccccc2S1(=O)=O. The van der Waals surface area contributed by atoms with Crippen LogP contribution in [0.15, 0.2) is 69.7 Å². The minimum Gasteiger partial charge on any atom is -0.504 e. The predicted octanol–water partition coefficient (Wildman–Crippen LogP) is 3.70. The molecule has 0 bridgehead atoms. The lowest BCUT2D eigenvalue weighted by molar-refractivity contribution is 0.401. The molecule has 36 heavy (non-hydrogen) atoms. The normalized spacial score (nSPS) is 17.4. The zero-order valence-corrected chi connectivity index (χ0v) is 21.4. The van der Waals surface area contributed by atoms with E-state index in [0.717, 1.165) is 8.61 Å². The van der Waals surface area contributed by atoms with Gasteiger partial charge in [0.15, 0.2) is 22.9 Å². The fraction of sp³-hybridized carbons (Fsp3) is 0.250. The Balaban J connectivity index is 0.000000201. The second-order valence-electron chi connectivity index (χ2n) is 8.08. The Morgan fingerprint density at radius 2 is 1.25 bits per heavy atom. The number of allylic oxidation sites excluding steroid dienone is 2. The predicted molar refractivity (Wildman–Crippen MR) is 132 cm³/mol. The quantitative estimate of drug-likeness (QED) is 0.609. The van der Waals surface area contributed by atoms with Gasteiger partial charge in [0.25, 0.3) is 20.0 Å². The third-order valence-electron chi connectivity index (χ3n) is 5.42. The summed E-state index contributed by atoms with van der Waals surface area (Å²) in [5.41, 5.74) is -0.0911. The summed E-state index contributed by atoms with van der Waals surface area (Å²) in [6.07, 6.45) is 0.555. The van der Waals surface area contributed by atoms with Crippen molar-refractivity contribution in [2.45, 2.75) is 43.0 Å². The number of aliphatic hydroxyl groups excluding tert-OH is 2. The molecule has 2 heterocycles. The van der Waals surface area contributed by atoms with Crippen LogP contribution in [0.1, 0.15) is 38.3 Å². The summed E-state index contributed by atoms with van der Waals surface area (Å²) in [7, 11) is -7.53. The van der Waals surface area contributed by atoms with Crippen molar-refractivity contribution in [2.75, 3.05) is 6.54 Å². The number of hydrogen-bond acceptors (Lipinski definition) is 8. The van der Waals surface area contributed by atoms with Gasteiger partial charge < -0.3 is 10.2 Å². The summed E-state index contributed by atoms with van der Waals surface area (Å²) in [6, 6.07) is 15.3. The molecule has 10 nitrogen and oxygen atoms in total. The molecule has 0 aliphatic carbocycles. The minimum atomic E-state index is -3.78. The maximum absolute atomic E-state index is 12.4. The molecule has 0 saturated carbocycles. The molecular weight excluding hydrogens is 504 g/mol. The number of nitrogens with zero attached hydrogens (tertiary/aromatic N) is 4. The van der Waals surface area contributed by atoms with Crippen molar-refractivity contribution < 1.29 is 27.0 Å². The Morgan fingerprint density at radius 1 is 0.806 bits per heavy atom. The smallest absolute Gasteiger partial charge is 0.265 e. The first-order valence-electron chi connectivity index (χ1n) is 10.9. The zero-order chi connectivity index (χ0) is 26.8. The first-order valence-corrected chi connectivity index (χ1v) is 13.8. The van der Waals surface area contributed by atoms with Crippen LogP contribution in [0.25, 0.3) is 11.5 Å². The highest BCUT2D eigenvalue weighted by molar-refractivity contribution is 7.89. The van der Waals surface area contributed by atoms with Crippen LogP contribution in [0.4, 0.5) is 0 Å². The van der Waals surface area contributed by atoms with Crippen LogP contribution in [0, 0.1) is 22.7 Å². The standard InChI is InChI=1S/2C12H12N2O3S/c1-8(2)14-10(7-13)12(15)9-5-3-4-6-11(9)18(14,16)17;1-2-7-14-10(8-13)12(15)9-5-3-4-6-11(9)18(14,16)17/h3-6,8,15H,1-2H3;3-6,15H,2,7H2,1H3. The number of hydrogen-bond donors (Lipinski definition) is 2. The third-order valence-corrected chi connectivity index (χ3v) is 9.31. The monoisotopic (exact) mass is 528 g/mol. The first kappa shape index (κ1) is 26.6. The van der Waals surface area contributed by atoms with E-state index in [1.807, 2.05) is 6.92 Å². The fourth-order valence-corrected chi connectivity index (χ4v) is 7.45. The Hall–Kier alpha value is -4.00. The average molecular weight is 529 g/mol. The molecule has 0 unspecified atom stereocenters. The van der Waals surface area contributed by atoms with Crippen LogP contribution in [-0.2, 0) is 20.0 Å². The van der Waals surface area contributed by atoms with Gasteiger partial charge in [-0.25, -0.2) is 16.8 Å². The maximum atomic E-state index is 12.4. The van der Waals surface area contributed by atoms with Crippen molar-refractivity contribution in [3.05, 3.63) is 71.1 Å². The van der Waals surface area contributed by atoms with Crippen LogP contribution in [0.2, 0.25) is 0 Å². The number of nitriles is 2. The molecule has 12 heteroatoms. The summed E-state index contributed by atoms with van der Waals surface area (Å²) in [4.78, 5) is 0.0603. The van der Waals surface area contributed by atoms with Gasteiger partial charge in [0.1, 0.15) is 12.1 Å². The van der Waals surface area contributed by atoms with E-state index < -0.39 is 26.1 Å². The molecule has 188 valence electrons. The van der Waals surface area contributed by atoms with Crippen molar-refractivity contribution in [2.24, 2.45) is 0 Å². The van der Waals surface area contributed by atoms with E-state index in [0.29, 0.717) is 6.42 Å². The van der Waals surface area contributed by atoms with Crippen LogP contribution >= 0.6 is 0 Å². The molecule has 2 aromatic rings. The second-order valence-corrected chi connectivity index (χ2v) is 11.7. The first-order chi connectivity index (χ1) is 16.9. The number of sulfonamides is 2. The summed E-state index contributed by atoms with van der Waals surface area (Å²) in [5.74, 6) is -0.576. The highest BCUT2D eigenvalue weighted by Crippen LogP contribution is 2.36. The summed E-state index contributed by atoms with van der Waals surface area (Å²) in [5, 5.41) is 38.1. The molecule has 2 N–H and O–H groups in total. The van der Waals surface area contributed by atoms with Crippen LogP contribution in [-0.4, -0.2) is 48.2 Å². The lowest BCUT2D eigenvalue weighted by Crippen LogP contribution is -2.39. The molecule has 0 aromatic heterocycles. The van der Waals surface area contributed by atoms with Gasteiger partial charge in [0.2, 0.25) is 0 Å². The van der Waals surface area contributed by atoms with Gasteiger partial charge in [-0.2, -0.15) is 10.5 Å². The Kier molecular flexibility index (Phi) is 7.34. The molecule has 0 atom stereocenters. The molecule has 4 rings (SSSR count). The minimum absolute atomic E-state index is 0.0233. The summed E-state index contributed by atoms with van der Waals surface area (Å²) in [6.45, 7) is 5.28. The molecule has 2 aliphatic heterocycles. The second kappa shape index (κ2) is 9.93. The van der Waals surface area contributed by atoms with Gasteiger partial charge in [-0.05, 0) is 44.5 Å². The molecule has 0 spiro atoms. The number of aliphatic hydroxyl groups is 2. The van der Waals surface area contributed by atoms with Gasteiger partial charge >= 0.3 is 0 Å². The van der Waals surface area contributed by atoms with E-state index in [-0.39, 0.29) is 50.4 Å². The summed E-state index contributed by atoms with van der Waals surface area (Å²) >= 11 is 0. The lowest BCUT2D eigenvalue weighted by atomic mass is 10.1. The van der Waals surface area contributed by atoms with Crippen LogP contribution < -0.4 is 0 Å². The molecule has 2 aliphatic rings. The van der Waals surface area contributed by atoms with Gasteiger partial charge in [-0.3, -0.25) is 8.61 Å². The summed E-state index contributed by atoms with van der Waals surface area (Å²) < 4.78 is 51.4. The van der Waals surface area contributed by atoms with Crippen LogP contribution in [0.3, 0.4) is 0 Å². The molecule has 0 fully saturated rings. The van der Waals surface area contributed by atoms with E-state index in [9.17, 15) is 27.0 Å². The van der Waals surface area contributed by atoms with Crippen molar-refractivity contribution >= 4 is 31.6 Å². The van der Waals surface area contributed by atoms with Crippen molar-refractivity contribution in [3.63, 3.8) is 0 Å². The zero-order valence-electron chi connectivity index (χ0n) is 19.7. The van der Waals surface area contributed by atoms with E-state index in [1.54, 1.807) is 50.3 Å². The largest absolute Gasteiger partial charge is 0.504 e. The average Bonchev–Trinajstić information content (AvgIpc) is 2.85. The van der Waals surface area contributed by atoms with Crippen LogP contribution in [0.5, 0.6) is 0 Å². The topological polar surface area (TPSA) is 163 Å². The van der Waals surface area contributed by atoms with Gasteiger partial charge in [0.05, 0.1) is 9.79 Å². The highest BCUT2D eigenvalue weighted by Gasteiger charge is 2.38. The van der Waals surface area contributed by atoms with E-state index in [4.69, 9.17) is 10.5 Å². The number of fused-ring (bicyclic) bond motifs is 2. The van der Waals surface area contributed by atoms with E-state index >= 15 is 0 Å². The number of rotatable bonds is 3. The number of benzene rings is 2. The van der Waals surface area contributed by atoms with Gasteiger partial charge in [-0.15, -0.1) is 0 Å². The highest BCUT2D eigenvalue weighted by atomic mass is 32.2. The molecule has 0 radical (unpaired) electrons. The van der Waals surface area contributed by atoms with Gasteiger partial charge in [-0.1, -0.05) is 31.2 Å². The lowest BCUT2D eigenvalue weighted by Gasteiger charge is -2.31.